The average Bonchev–Trinajstić information content (AvgIpc) is 2.90. The van der Waals surface area contributed by atoms with Crippen LogP contribution in [0.3, 0.4) is 0 Å². The predicted octanol–water partition coefficient (Wildman–Crippen LogP) is 3.41. The number of anilines is 1. The maximum absolute atomic E-state index is 12.5. The second-order valence-electron chi connectivity index (χ2n) is 7.89. The third kappa shape index (κ3) is 5.19. The summed E-state index contributed by atoms with van der Waals surface area (Å²) in [4.78, 5) is 12.5. The number of hydrogen-bond acceptors (Lipinski definition) is 2. The van der Waals surface area contributed by atoms with Gasteiger partial charge in [-0.1, -0.05) is 37.0 Å². The number of carbonyl (C=O) groups is 1. The Hall–Kier alpha value is -2.14. The predicted molar refractivity (Wildman–Crippen MR) is 109 cm³/mol. The quantitative estimate of drug-likeness (QED) is 0.848. The number of rotatable bonds is 5. The van der Waals surface area contributed by atoms with Crippen LogP contribution >= 0.6 is 0 Å². The Morgan fingerprint density at radius 3 is 2.37 bits per heavy atom. The first-order valence-corrected chi connectivity index (χ1v) is 10.3. The van der Waals surface area contributed by atoms with E-state index in [-0.39, 0.29) is 5.91 Å². The van der Waals surface area contributed by atoms with E-state index in [0.717, 1.165) is 22.8 Å². The number of aryl methyl sites for hydroxylation is 2. The van der Waals surface area contributed by atoms with Gasteiger partial charge in [-0.3, -0.25) is 4.79 Å². The largest absolute Gasteiger partial charge is 0.336 e. The summed E-state index contributed by atoms with van der Waals surface area (Å²) in [7, 11) is 0. The number of amides is 1. The van der Waals surface area contributed by atoms with Crippen LogP contribution in [0, 0.1) is 20.8 Å². The number of nitrogens with one attached hydrogen (secondary N) is 1. The van der Waals surface area contributed by atoms with Crippen LogP contribution in [0.4, 0.5) is 5.69 Å². The van der Waals surface area contributed by atoms with Crippen LogP contribution in [-0.2, 0) is 4.79 Å². The molecule has 1 fully saturated rings. The standard InChI is InChI=1S/C22H32N4O/c1-16-11-13-20(14-12-16)26-18(3)22(17(2)25-26)24-21(27)15-23-19-9-7-5-4-6-8-10-19/h11-14,19,23H,4-10,15H2,1-3H3,(H,24,27)/p+1. The molecule has 1 heterocycles. The molecular formula is C22H33N4O+. The van der Waals surface area contributed by atoms with Crippen LogP contribution in [0.5, 0.6) is 0 Å². The molecule has 5 nitrogen and oxygen atoms in total. The molecule has 1 saturated carbocycles. The molecule has 146 valence electrons. The van der Waals surface area contributed by atoms with Crippen molar-refractivity contribution in [3.8, 4) is 5.69 Å². The molecule has 0 bridgehead atoms. The summed E-state index contributed by atoms with van der Waals surface area (Å²) in [5.74, 6) is 0.0618. The van der Waals surface area contributed by atoms with E-state index in [2.05, 4.69) is 46.9 Å². The number of benzene rings is 1. The van der Waals surface area contributed by atoms with Gasteiger partial charge in [0, 0.05) is 0 Å². The van der Waals surface area contributed by atoms with Crippen molar-refractivity contribution >= 4 is 11.6 Å². The van der Waals surface area contributed by atoms with Gasteiger partial charge in [-0.25, -0.2) is 4.68 Å². The Balaban J connectivity index is 1.61. The molecule has 1 aromatic carbocycles. The molecule has 1 aliphatic carbocycles. The first-order chi connectivity index (χ1) is 13.0. The topological polar surface area (TPSA) is 63.5 Å². The molecule has 1 amide bonds. The maximum Gasteiger partial charge on any atom is 0.279 e. The minimum absolute atomic E-state index is 0.0618. The van der Waals surface area contributed by atoms with E-state index in [4.69, 9.17) is 0 Å². The van der Waals surface area contributed by atoms with Crippen molar-refractivity contribution in [1.29, 1.82) is 0 Å². The average molecular weight is 370 g/mol. The van der Waals surface area contributed by atoms with E-state index < -0.39 is 0 Å². The molecule has 5 heteroatoms. The SMILES string of the molecule is Cc1ccc(-n2nc(C)c(NC(=O)C[NH2+]C3CCCCCCC3)c2C)cc1. The van der Waals surface area contributed by atoms with Gasteiger partial charge in [-0.2, -0.15) is 5.10 Å². The van der Waals surface area contributed by atoms with Gasteiger partial charge in [0.05, 0.1) is 28.8 Å². The number of nitrogens with zero attached hydrogens (tertiary/aromatic N) is 2. The van der Waals surface area contributed by atoms with Crippen LogP contribution < -0.4 is 10.6 Å². The fourth-order valence-corrected chi connectivity index (χ4v) is 3.95. The van der Waals surface area contributed by atoms with E-state index >= 15 is 0 Å². The zero-order valence-electron chi connectivity index (χ0n) is 16.9. The second-order valence-corrected chi connectivity index (χ2v) is 7.89. The molecule has 1 aliphatic rings. The van der Waals surface area contributed by atoms with E-state index in [0.29, 0.717) is 12.6 Å². The van der Waals surface area contributed by atoms with Crippen LogP contribution in [0.2, 0.25) is 0 Å². The molecule has 0 aliphatic heterocycles. The van der Waals surface area contributed by atoms with Crippen LogP contribution in [0.15, 0.2) is 24.3 Å². The molecule has 0 atom stereocenters. The molecule has 3 N–H and O–H groups in total. The highest BCUT2D eigenvalue weighted by Crippen LogP contribution is 2.23. The lowest BCUT2D eigenvalue weighted by atomic mass is 9.97. The van der Waals surface area contributed by atoms with Gasteiger partial charge in [0.1, 0.15) is 0 Å². The van der Waals surface area contributed by atoms with E-state index in [9.17, 15) is 4.79 Å². The van der Waals surface area contributed by atoms with Crippen molar-refractivity contribution < 1.29 is 10.1 Å². The summed E-state index contributed by atoms with van der Waals surface area (Å²) in [6.07, 6.45) is 9.11. The Morgan fingerprint density at radius 1 is 1.07 bits per heavy atom. The zero-order valence-corrected chi connectivity index (χ0v) is 16.9. The van der Waals surface area contributed by atoms with Crippen LogP contribution in [-0.4, -0.2) is 28.3 Å². The summed E-state index contributed by atoms with van der Waals surface area (Å²) in [6, 6.07) is 8.86. The number of hydrogen-bond donors (Lipinski definition) is 2. The van der Waals surface area contributed by atoms with Crippen molar-refractivity contribution in [2.24, 2.45) is 0 Å². The second kappa shape index (κ2) is 9.18. The Morgan fingerprint density at radius 2 is 1.70 bits per heavy atom. The first kappa shape index (κ1) is 19.6. The Bertz CT molecular complexity index is 755. The van der Waals surface area contributed by atoms with Crippen LogP contribution in [0.1, 0.15) is 61.9 Å². The van der Waals surface area contributed by atoms with Gasteiger partial charge < -0.3 is 10.6 Å². The normalized spacial score (nSPS) is 16.0. The smallest absolute Gasteiger partial charge is 0.279 e. The van der Waals surface area contributed by atoms with Gasteiger partial charge in [0.25, 0.3) is 5.91 Å². The minimum Gasteiger partial charge on any atom is -0.336 e. The van der Waals surface area contributed by atoms with E-state index in [1.54, 1.807) is 0 Å². The summed E-state index contributed by atoms with van der Waals surface area (Å²) in [5, 5.41) is 9.95. The number of aromatic nitrogens is 2. The number of carbonyl (C=O) groups excluding carboxylic acids is 1. The van der Waals surface area contributed by atoms with Gasteiger partial charge in [-0.15, -0.1) is 0 Å². The van der Waals surface area contributed by atoms with E-state index in [1.165, 1.54) is 50.5 Å². The minimum atomic E-state index is 0.0618. The zero-order chi connectivity index (χ0) is 19.2. The van der Waals surface area contributed by atoms with Crippen molar-refractivity contribution in [3.05, 3.63) is 41.2 Å². The molecule has 27 heavy (non-hydrogen) atoms. The van der Waals surface area contributed by atoms with Crippen molar-refractivity contribution in [2.45, 2.75) is 71.8 Å². The fraction of sp³-hybridized carbons (Fsp3) is 0.545. The monoisotopic (exact) mass is 369 g/mol. The number of nitrogens with two attached hydrogens (primary N) is 1. The molecule has 0 radical (unpaired) electrons. The maximum atomic E-state index is 12.5. The van der Waals surface area contributed by atoms with Crippen LogP contribution in [0.25, 0.3) is 5.69 Å². The summed E-state index contributed by atoms with van der Waals surface area (Å²) < 4.78 is 1.91. The van der Waals surface area contributed by atoms with Gasteiger partial charge in [0.2, 0.25) is 0 Å². The number of quaternary nitrogens is 1. The lowest BCUT2D eigenvalue weighted by molar-refractivity contribution is -0.680. The van der Waals surface area contributed by atoms with Crippen molar-refractivity contribution in [3.63, 3.8) is 0 Å². The molecule has 3 rings (SSSR count). The van der Waals surface area contributed by atoms with E-state index in [1.807, 2.05) is 18.5 Å². The molecule has 0 spiro atoms. The third-order valence-electron chi connectivity index (χ3n) is 5.62. The Labute approximate surface area is 162 Å². The van der Waals surface area contributed by atoms with Gasteiger partial charge >= 0.3 is 0 Å². The van der Waals surface area contributed by atoms with Gasteiger partial charge in [-0.05, 0) is 58.6 Å². The molecule has 0 saturated heterocycles. The molecule has 2 aromatic rings. The van der Waals surface area contributed by atoms with Crippen molar-refractivity contribution in [2.75, 3.05) is 11.9 Å². The summed E-state index contributed by atoms with van der Waals surface area (Å²) in [6.45, 7) is 6.52. The summed E-state index contributed by atoms with van der Waals surface area (Å²) >= 11 is 0. The fourth-order valence-electron chi connectivity index (χ4n) is 3.95. The Kier molecular flexibility index (Phi) is 6.67. The molecule has 1 aromatic heterocycles. The summed E-state index contributed by atoms with van der Waals surface area (Å²) in [5.41, 5.74) is 4.90. The molecule has 0 unspecified atom stereocenters. The van der Waals surface area contributed by atoms with Crippen molar-refractivity contribution in [1.82, 2.24) is 9.78 Å². The molecular weight excluding hydrogens is 336 g/mol. The lowest BCUT2D eigenvalue weighted by Gasteiger charge is -2.18. The third-order valence-corrected chi connectivity index (χ3v) is 5.62. The lowest BCUT2D eigenvalue weighted by Crippen LogP contribution is -2.91. The van der Waals surface area contributed by atoms with Gasteiger partial charge in [0.15, 0.2) is 6.54 Å². The first-order valence-electron chi connectivity index (χ1n) is 10.3. The highest BCUT2D eigenvalue weighted by molar-refractivity contribution is 5.92. The highest BCUT2D eigenvalue weighted by atomic mass is 16.1. The highest BCUT2D eigenvalue weighted by Gasteiger charge is 2.18.